The van der Waals surface area contributed by atoms with Gasteiger partial charge in [-0.05, 0) is 75.5 Å². The lowest BCUT2D eigenvalue weighted by Gasteiger charge is -2.23. The van der Waals surface area contributed by atoms with Crippen molar-refractivity contribution in [2.45, 2.75) is 13.3 Å². The number of anilines is 3. The van der Waals surface area contributed by atoms with E-state index in [4.69, 9.17) is 0 Å². The Balaban J connectivity index is 0.00000342. The maximum atomic E-state index is 12.9. The van der Waals surface area contributed by atoms with E-state index in [-0.39, 0.29) is 29.4 Å². The molecule has 3 N–H and O–H groups in total. The van der Waals surface area contributed by atoms with Gasteiger partial charge in [-0.25, -0.2) is 0 Å². The van der Waals surface area contributed by atoms with Gasteiger partial charge < -0.3 is 25.5 Å². The number of likely N-dealkylation sites (N-methyl/N-ethyl adjacent to an activating group) is 1. The van der Waals surface area contributed by atoms with Crippen LogP contribution in [-0.4, -0.2) is 55.0 Å². The lowest BCUT2D eigenvalue weighted by atomic mass is 10.1. The first kappa shape index (κ1) is 26.1. The lowest BCUT2D eigenvalue weighted by molar-refractivity contribution is 0.102. The Kier molecular flexibility index (Phi) is 8.73. The Labute approximate surface area is 212 Å². The van der Waals surface area contributed by atoms with Crippen LogP contribution in [0.4, 0.5) is 17.1 Å². The molecular formula is C27H31ClN4O3. The van der Waals surface area contributed by atoms with Crippen molar-refractivity contribution in [3.05, 3.63) is 83.4 Å². The predicted molar refractivity (Wildman–Crippen MR) is 143 cm³/mol. The van der Waals surface area contributed by atoms with E-state index >= 15 is 0 Å². The van der Waals surface area contributed by atoms with Crippen LogP contribution in [-0.2, 0) is 0 Å². The van der Waals surface area contributed by atoms with E-state index in [9.17, 15) is 14.7 Å². The molecule has 184 valence electrons. The summed E-state index contributed by atoms with van der Waals surface area (Å²) in [6, 6.07) is 19.4. The van der Waals surface area contributed by atoms with Crippen LogP contribution in [0.1, 0.15) is 32.7 Å². The second-order valence-corrected chi connectivity index (χ2v) is 8.66. The molecule has 0 atom stereocenters. The van der Waals surface area contributed by atoms with Crippen molar-refractivity contribution in [2.75, 3.05) is 48.8 Å². The van der Waals surface area contributed by atoms with Gasteiger partial charge in [0.25, 0.3) is 11.8 Å². The number of carbonyl (C=O) groups is 2. The maximum absolute atomic E-state index is 12.9. The van der Waals surface area contributed by atoms with E-state index in [1.807, 2.05) is 31.2 Å². The summed E-state index contributed by atoms with van der Waals surface area (Å²) in [6.45, 7) is 5.97. The first-order chi connectivity index (χ1) is 16.4. The van der Waals surface area contributed by atoms with Gasteiger partial charge >= 0.3 is 0 Å². The van der Waals surface area contributed by atoms with Gasteiger partial charge in [-0.15, -0.1) is 12.4 Å². The minimum Gasteiger partial charge on any atom is -0.506 e. The Morgan fingerprint density at radius 3 is 2.26 bits per heavy atom. The molecule has 1 aliphatic rings. The van der Waals surface area contributed by atoms with E-state index in [1.54, 1.807) is 36.4 Å². The van der Waals surface area contributed by atoms with Gasteiger partial charge in [-0.2, -0.15) is 0 Å². The van der Waals surface area contributed by atoms with E-state index in [0.717, 1.165) is 43.9 Å². The fourth-order valence-electron chi connectivity index (χ4n) is 4.01. The molecule has 1 aliphatic heterocycles. The quantitative estimate of drug-likeness (QED) is 0.445. The van der Waals surface area contributed by atoms with Crippen LogP contribution in [0.25, 0.3) is 0 Å². The standard InChI is InChI=1S/C27H30N4O3.ClH/c1-19-7-11-21(12-8-19)28-27(34)23-5-3-6-24(32)25(23)29-26(33)20-9-13-22(14-10-20)31-16-4-15-30(2)17-18-31;/h3,5-14,32H,4,15-18H2,1-2H3,(H,28,34)(H,29,33);1H. The summed E-state index contributed by atoms with van der Waals surface area (Å²) >= 11 is 0. The van der Waals surface area contributed by atoms with Crippen LogP contribution in [0.2, 0.25) is 0 Å². The highest BCUT2D eigenvalue weighted by molar-refractivity contribution is 6.13. The number of aryl methyl sites for hydroxylation is 1. The van der Waals surface area contributed by atoms with Crippen LogP contribution < -0.4 is 15.5 Å². The average Bonchev–Trinajstić information content (AvgIpc) is 3.06. The summed E-state index contributed by atoms with van der Waals surface area (Å²) in [7, 11) is 2.13. The summed E-state index contributed by atoms with van der Waals surface area (Å²) in [5.74, 6) is -0.986. The maximum Gasteiger partial charge on any atom is 0.257 e. The molecule has 2 amide bonds. The molecular weight excluding hydrogens is 464 g/mol. The molecule has 0 spiro atoms. The highest BCUT2D eigenvalue weighted by atomic mass is 35.5. The van der Waals surface area contributed by atoms with Crippen LogP contribution in [0.15, 0.2) is 66.7 Å². The monoisotopic (exact) mass is 494 g/mol. The molecule has 0 aliphatic carbocycles. The van der Waals surface area contributed by atoms with Crippen molar-refractivity contribution in [2.24, 2.45) is 0 Å². The molecule has 0 radical (unpaired) electrons. The summed E-state index contributed by atoms with van der Waals surface area (Å²) in [5.41, 5.74) is 3.50. The van der Waals surface area contributed by atoms with Gasteiger partial charge in [0.1, 0.15) is 5.75 Å². The van der Waals surface area contributed by atoms with Crippen LogP contribution in [0.3, 0.4) is 0 Å². The van der Waals surface area contributed by atoms with Crippen LogP contribution in [0, 0.1) is 6.92 Å². The Bertz CT molecular complexity index is 1170. The van der Waals surface area contributed by atoms with Crippen molar-refractivity contribution in [1.82, 2.24) is 4.90 Å². The fourth-order valence-corrected chi connectivity index (χ4v) is 4.01. The minimum atomic E-state index is -0.420. The molecule has 1 saturated heterocycles. The van der Waals surface area contributed by atoms with Crippen molar-refractivity contribution in [1.29, 1.82) is 0 Å². The van der Waals surface area contributed by atoms with E-state index in [2.05, 4.69) is 27.5 Å². The number of phenolic OH excluding ortho intramolecular Hbond substituents is 1. The van der Waals surface area contributed by atoms with E-state index in [1.165, 1.54) is 6.07 Å². The Morgan fingerprint density at radius 1 is 0.829 bits per heavy atom. The number of hydrogen-bond donors (Lipinski definition) is 3. The zero-order valence-electron chi connectivity index (χ0n) is 20.0. The SMILES string of the molecule is Cc1ccc(NC(=O)c2cccc(O)c2NC(=O)c2ccc(N3CCCN(C)CC3)cc2)cc1.Cl. The Hall–Kier alpha value is -3.55. The summed E-state index contributed by atoms with van der Waals surface area (Å²) < 4.78 is 0. The zero-order chi connectivity index (χ0) is 24.1. The number of rotatable bonds is 5. The number of carbonyl (C=O) groups excluding carboxylic acids is 2. The van der Waals surface area contributed by atoms with Crippen molar-refractivity contribution < 1.29 is 14.7 Å². The third-order valence-electron chi connectivity index (χ3n) is 6.05. The minimum absolute atomic E-state index is 0. The van der Waals surface area contributed by atoms with Crippen LogP contribution >= 0.6 is 12.4 Å². The summed E-state index contributed by atoms with van der Waals surface area (Å²) in [6.07, 6.45) is 1.10. The Morgan fingerprint density at radius 2 is 1.54 bits per heavy atom. The first-order valence-corrected chi connectivity index (χ1v) is 11.5. The number of hydrogen-bond acceptors (Lipinski definition) is 5. The van der Waals surface area contributed by atoms with E-state index in [0.29, 0.717) is 11.3 Å². The van der Waals surface area contributed by atoms with Gasteiger partial charge in [0.2, 0.25) is 0 Å². The first-order valence-electron chi connectivity index (χ1n) is 11.5. The number of benzene rings is 3. The molecule has 0 bridgehead atoms. The average molecular weight is 495 g/mol. The number of halogens is 1. The molecule has 0 aromatic heterocycles. The third kappa shape index (κ3) is 6.53. The van der Waals surface area contributed by atoms with Gasteiger partial charge in [0.15, 0.2) is 0 Å². The zero-order valence-corrected chi connectivity index (χ0v) is 20.8. The second kappa shape index (κ2) is 11.7. The fraction of sp³-hybridized carbons (Fsp3) is 0.259. The van der Waals surface area contributed by atoms with Gasteiger partial charge in [-0.3, -0.25) is 9.59 Å². The van der Waals surface area contributed by atoms with Crippen molar-refractivity contribution >= 4 is 41.3 Å². The number of para-hydroxylation sites is 1. The van der Waals surface area contributed by atoms with Gasteiger partial charge in [0.05, 0.1) is 11.3 Å². The lowest BCUT2D eigenvalue weighted by Crippen LogP contribution is -2.28. The molecule has 1 fully saturated rings. The highest BCUT2D eigenvalue weighted by Crippen LogP contribution is 2.29. The highest BCUT2D eigenvalue weighted by Gasteiger charge is 2.19. The smallest absolute Gasteiger partial charge is 0.257 e. The molecule has 3 aromatic rings. The van der Waals surface area contributed by atoms with E-state index < -0.39 is 11.8 Å². The molecule has 7 nitrogen and oxygen atoms in total. The van der Waals surface area contributed by atoms with Gasteiger partial charge in [-0.1, -0.05) is 23.8 Å². The molecule has 8 heteroatoms. The van der Waals surface area contributed by atoms with Crippen LogP contribution in [0.5, 0.6) is 5.75 Å². The third-order valence-corrected chi connectivity index (χ3v) is 6.05. The van der Waals surface area contributed by atoms with Crippen molar-refractivity contribution in [3.63, 3.8) is 0 Å². The molecule has 0 saturated carbocycles. The molecule has 35 heavy (non-hydrogen) atoms. The largest absolute Gasteiger partial charge is 0.506 e. The summed E-state index contributed by atoms with van der Waals surface area (Å²) in [5, 5.41) is 15.9. The normalized spacial score (nSPS) is 13.9. The molecule has 4 rings (SSSR count). The predicted octanol–water partition coefficient (Wildman–Crippen LogP) is 4.77. The molecule has 1 heterocycles. The number of phenols is 1. The number of aromatic hydroxyl groups is 1. The molecule has 0 unspecified atom stereocenters. The topological polar surface area (TPSA) is 84.9 Å². The van der Waals surface area contributed by atoms with Gasteiger partial charge in [0, 0.05) is 36.6 Å². The number of nitrogens with zero attached hydrogens (tertiary/aromatic N) is 2. The summed E-state index contributed by atoms with van der Waals surface area (Å²) in [4.78, 5) is 30.5. The second-order valence-electron chi connectivity index (χ2n) is 8.66. The van der Waals surface area contributed by atoms with Crippen molar-refractivity contribution in [3.8, 4) is 5.75 Å². The number of nitrogens with one attached hydrogen (secondary N) is 2. The number of amides is 2. The molecule has 3 aromatic carbocycles.